The van der Waals surface area contributed by atoms with Crippen LogP contribution in [0.25, 0.3) is 10.3 Å². The first-order chi connectivity index (χ1) is 7.58. The van der Waals surface area contributed by atoms with Gasteiger partial charge < -0.3 is 9.63 Å². The fraction of sp³-hybridized carbons (Fsp3) is 0.455. The number of carboxylic acid groups (broad SMARTS) is 1. The van der Waals surface area contributed by atoms with Crippen LogP contribution in [0.2, 0.25) is 0 Å². The van der Waals surface area contributed by atoms with Gasteiger partial charge in [-0.1, -0.05) is 19.0 Å². The van der Waals surface area contributed by atoms with E-state index in [1.165, 1.54) is 4.88 Å². The fourth-order valence-electron chi connectivity index (χ4n) is 1.48. The molecule has 16 heavy (non-hydrogen) atoms. The Labute approximate surface area is 96.9 Å². The summed E-state index contributed by atoms with van der Waals surface area (Å²) in [4.78, 5) is 11.7. The van der Waals surface area contributed by atoms with Gasteiger partial charge in [-0.25, -0.2) is 0 Å². The molecule has 4 nitrogen and oxygen atoms in total. The minimum Gasteiger partial charge on any atom is -0.481 e. The van der Waals surface area contributed by atoms with Gasteiger partial charge in [-0.3, -0.25) is 4.79 Å². The van der Waals surface area contributed by atoms with Crippen LogP contribution in [0, 0.1) is 0 Å². The Kier molecular flexibility index (Phi) is 2.96. The van der Waals surface area contributed by atoms with Crippen molar-refractivity contribution in [2.45, 2.75) is 32.6 Å². The van der Waals surface area contributed by atoms with Crippen molar-refractivity contribution in [3.63, 3.8) is 0 Å². The van der Waals surface area contributed by atoms with Crippen LogP contribution in [0.15, 0.2) is 10.6 Å². The second-order valence-electron chi connectivity index (χ2n) is 4.02. The molecule has 0 aliphatic carbocycles. The smallest absolute Gasteiger partial charge is 0.303 e. The quantitative estimate of drug-likeness (QED) is 0.890. The number of carboxylic acids is 1. The van der Waals surface area contributed by atoms with Crippen molar-refractivity contribution in [1.29, 1.82) is 0 Å². The Morgan fingerprint density at radius 2 is 2.38 bits per heavy atom. The van der Waals surface area contributed by atoms with E-state index >= 15 is 0 Å². The molecule has 0 radical (unpaired) electrons. The molecule has 0 fully saturated rings. The van der Waals surface area contributed by atoms with Gasteiger partial charge in [0.15, 0.2) is 5.58 Å². The third kappa shape index (κ3) is 2.09. The number of hydrogen-bond donors (Lipinski definition) is 1. The van der Waals surface area contributed by atoms with Crippen molar-refractivity contribution in [3.8, 4) is 0 Å². The number of nitrogens with zero attached hydrogens (tertiary/aromatic N) is 1. The van der Waals surface area contributed by atoms with Crippen molar-refractivity contribution in [1.82, 2.24) is 5.16 Å². The molecule has 0 aromatic carbocycles. The lowest BCUT2D eigenvalue weighted by atomic mass is 10.2. The summed E-state index contributed by atoms with van der Waals surface area (Å²) in [5, 5.41) is 12.5. The normalized spacial score (nSPS) is 11.4. The number of hydrogen-bond acceptors (Lipinski definition) is 4. The molecule has 86 valence electrons. The van der Waals surface area contributed by atoms with E-state index < -0.39 is 5.97 Å². The van der Waals surface area contributed by atoms with Gasteiger partial charge in [0.05, 0.1) is 11.1 Å². The predicted molar refractivity (Wildman–Crippen MR) is 61.9 cm³/mol. The highest BCUT2D eigenvalue weighted by atomic mass is 32.1. The Morgan fingerprint density at radius 1 is 1.62 bits per heavy atom. The number of carbonyl (C=O) groups is 1. The highest BCUT2D eigenvalue weighted by Crippen LogP contribution is 2.33. The van der Waals surface area contributed by atoms with E-state index in [1.807, 2.05) is 6.07 Å². The van der Waals surface area contributed by atoms with E-state index in [1.54, 1.807) is 11.3 Å². The van der Waals surface area contributed by atoms with Crippen molar-refractivity contribution < 1.29 is 14.4 Å². The van der Waals surface area contributed by atoms with E-state index in [-0.39, 0.29) is 6.42 Å². The van der Waals surface area contributed by atoms with E-state index in [2.05, 4.69) is 19.0 Å². The zero-order chi connectivity index (χ0) is 11.7. The summed E-state index contributed by atoms with van der Waals surface area (Å²) < 4.78 is 6.17. The zero-order valence-corrected chi connectivity index (χ0v) is 10.0. The van der Waals surface area contributed by atoms with Crippen LogP contribution in [0.1, 0.15) is 36.8 Å². The van der Waals surface area contributed by atoms with Crippen LogP contribution >= 0.6 is 11.3 Å². The lowest BCUT2D eigenvalue weighted by molar-refractivity contribution is -0.136. The van der Waals surface area contributed by atoms with Gasteiger partial charge in [-0.15, -0.1) is 11.3 Å². The van der Waals surface area contributed by atoms with Gasteiger partial charge >= 0.3 is 5.97 Å². The molecule has 0 aliphatic rings. The lowest BCUT2D eigenvalue weighted by Crippen LogP contribution is -1.97. The molecule has 0 amide bonds. The molecule has 0 saturated heterocycles. The van der Waals surface area contributed by atoms with Crippen molar-refractivity contribution in [3.05, 3.63) is 16.6 Å². The molecule has 0 saturated carbocycles. The lowest BCUT2D eigenvalue weighted by Gasteiger charge is -1.96. The number of thiophene rings is 1. The van der Waals surface area contributed by atoms with Crippen LogP contribution in [0.3, 0.4) is 0 Å². The summed E-state index contributed by atoms with van der Waals surface area (Å²) in [6.07, 6.45) is 0.525. The molecule has 1 N–H and O–H groups in total. The SMILES string of the molecule is CC(C)c1cc2onc(CCC(=O)O)c2s1. The second-order valence-corrected chi connectivity index (χ2v) is 5.10. The first kappa shape index (κ1) is 11.1. The van der Waals surface area contributed by atoms with Crippen LogP contribution < -0.4 is 0 Å². The molecule has 2 aromatic rings. The molecule has 2 aromatic heterocycles. The van der Waals surface area contributed by atoms with E-state index in [0.29, 0.717) is 12.3 Å². The standard InChI is InChI=1S/C11H13NO3S/c1-6(2)9-5-8-11(16-9)7(12-15-8)3-4-10(13)14/h5-6H,3-4H2,1-2H3,(H,13,14). The number of rotatable bonds is 4. The monoisotopic (exact) mass is 239 g/mol. The Bertz CT molecular complexity index is 512. The third-order valence-electron chi connectivity index (χ3n) is 2.38. The predicted octanol–water partition coefficient (Wildman–Crippen LogP) is 3.03. The van der Waals surface area contributed by atoms with E-state index in [0.717, 1.165) is 16.0 Å². The van der Waals surface area contributed by atoms with E-state index in [4.69, 9.17) is 9.63 Å². The molecule has 0 bridgehead atoms. The van der Waals surface area contributed by atoms with Gasteiger partial charge in [0.25, 0.3) is 0 Å². The van der Waals surface area contributed by atoms with Gasteiger partial charge in [0.2, 0.25) is 0 Å². The molecular formula is C11H13NO3S. The Morgan fingerprint density at radius 3 is 3.00 bits per heavy atom. The number of aromatic nitrogens is 1. The van der Waals surface area contributed by atoms with Crippen LogP contribution in [-0.4, -0.2) is 16.2 Å². The first-order valence-electron chi connectivity index (χ1n) is 5.17. The molecule has 0 spiro atoms. The average molecular weight is 239 g/mol. The highest BCUT2D eigenvalue weighted by Gasteiger charge is 2.14. The van der Waals surface area contributed by atoms with Crippen molar-refractivity contribution in [2.24, 2.45) is 0 Å². The van der Waals surface area contributed by atoms with Gasteiger partial charge in [0.1, 0.15) is 5.69 Å². The Hall–Kier alpha value is -1.36. The molecule has 0 aliphatic heterocycles. The second kappa shape index (κ2) is 4.25. The molecule has 2 heterocycles. The summed E-state index contributed by atoms with van der Waals surface area (Å²) in [5.74, 6) is -0.350. The molecule has 0 unspecified atom stereocenters. The summed E-state index contributed by atoms with van der Waals surface area (Å²) in [6.45, 7) is 4.24. The summed E-state index contributed by atoms with van der Waals surface area (Å²) in [5.41, 5.74) is 1.53. The maximum Gasteiger partial charge on any atom is 0.303 e. The summed E-state index contributed by atoms with van der Waals surface area (Å²) in [6, 6.07) is 1.99. The zero-order valence-electron chi connectivity index (χ0n) is 9.19. The maximum atomic E-state index is 10.5. The number of aryl methyl sites for hydroxylation is 1. The molecule has 2 rings (SSSR count). The topological polar surface area (TPSA) is 63.3 Å². The fourth-order valence-corrected chi connectivity index (χ4v) is 2.57. The minimum absolute atomic E-state index is 0.0938. The van der Waals surface area contributed by atoms with Gasteiger partial charge in [-0.2, -0.15) is 0 Å². The van der Waals surface area contributed by atoms with Gasteiger partial charge in [0, 0.05) is 11.3 Å². The van der Waals surface area contributed by atoms with Gasteiger partial charge in [-0.05, 0) is 12.0 Å². The molecule has 5 heteroatoms. The number of fused-ring (bicyclic) bond motifs is 1. The largest absolute Gasteiger partial charge is 0.481 e. The maximum absolute atomic E-state index is 10.5. The number of aliphatic carboxylic acids is 1. The molecular weight excluding hydrogens is 226 g/mol. The third-order valence-corrected chi connectivity index (χ3v) is 3.84. The minimum atomic E-state index is -0.809. The van der Waals surface area contributed by atoms with Crippen LogP contribution in [-0.2, 0) is 11.2 Å². The molecule has 0 atom stereocenters. The summed E-state index contributed by atoms with van der Waals surface area (Å²) >= 11 is 1.64. The average Bonchev–Trinajstić information content (AvgIpc) is 2.73. The Balaban J connectivity index is 2.28. The van der Waals surface area contributed by atoms with Crippen LogP contribution in [0.4, 0.5) is 0 Å². The highest BCUT2D eigenvalue weighted by molar-refractivity contribution is 7.19. The van der Waals surface area contributed by atoms with E-state index in [9.17, 15) is 4.79 Å². The summed E-state index contributed by atoms with van der Waals surface area (Å²) in [7, 11) is 0. The van der Waals surface area contributed by atoms with Crippen molar-refractivity contribution in [2.75, 3.05) is 0 Å². The van der Waals surface area contributed by atoms with Crippen molar-refractivity contribution >= 4 is 27.6 Å². The first-order valence-corrected chi connectivity index (χ1v) is 5.99. The van der Waals surface area contributed by atoms with Crippen LogP contribution in [0.5, 0.6) is 0 Å².